The van der Waals surface area contributed by atoms with Crippen molar-refractivity contribution >= 4 is 23.2 Å². The van der Waals surface area contributed by atoms with Gasteiger partial charge in [0.15, 0.2) is 5.76 Å². The Labute approximate surface area is 250 Å². The molecule has 2 amide bonds. The number of thiazole rings is 1. The summed E-state index contributed by atoms with van der Waals surface area (Å²) in [4.78, 5) is 34.2. The number of hydrogen-bond donors (Lipinski definition) is 2. The van der Waals surface area contributed by atoms with E-state index in [0.717, 1.165) is 21.7 Å². The van der Waals surface area contributed by atoms with Crippen LogP contribution in [0, 0.1) is 12.8 Å². The second-order valence-electron chi connectivity index (χ2n) is 10.7. The molecule has 3 aromatic rings. The summed E-state index contributed by atoms with van der Waals surface area (Å²) in [7, 11) is 1.59. The van der Waals surface area contributed by atoms with Crippen molar-refractivity contribution in [3.63, 3.8) is 0 Å². The minimum Gasteiger partial charge on any atom is -0.496 e. The van der Waals surface area contributed by atoms with Crippen LogP contribution < -0.4 is 14.8 Å². The molecule has 2 aromatic heterocycles. The number of carbonyl (C=O) groups excluding carboxylic acids is 2. The van der Waals surface area contributed by atoms with E-state index in [1.165, 1.54) is 4.90 Å². The Morgan fingerprint density at radius 2 is 2.02 bits per heavy atom. The van der Waals surface area contributed by atoms with Gasteiger partial charge in [0.05, 0.1) is 41.9 Å². The van der Waals surface area contributed by atoms with Gasteiger partial charge >= 0.3 is 0 Å². The van der Waals surface area contributed by atoms with Crippen LogP contribution in [-0.2, 0) is 14.3 Å². The predicted molar refractivity (Wildman–Crippen MR) is 158 cm³/mol. The van der Waals surface area contributed by atoms with Gasteiger partial charge in [-0.1, -0.05) is 26.0 Å². The molecule has 1 unspecified atom stereocenters. The summed E-state index contributed by atoms with van der Waals surface area (Å²) in [5, 5.41) is 17.5. The number of amides is 2. The van der Waals surface area contributed by atoms with Crippen LogP contribution in [0.1, 0.15) is 63.1 Å². The summed E-state index contributed by atoms with van der Waals surface area (Å²) >= 11 is 1.56. The lowest BCUT2D eigenvalue weighted by Gasteiger charge is -2.29. The Morgan fingerprint density at radius 1 is 1.24 bits per heavy atom. The van der Waals surface area contributed by atoms with E-state index >= 15 is 0 Å². The maximum atomic E-state index is 13.9. The Bertz CT molecular complexity index is 1360. The number of aliphatic hydroxyl groups excluding tert-OH is 1. The monoisotopic (exact) mass is 600 g/mol. The predicted octanol–water partition coefficient (Wildman–Crippen LogP) is 4.11. The number of nitrogens with zero attached hydrogens (tertiary/aromatic N) is 3. The number of likely N-dealkylation sites (tertiary alicyclic amines) is 1. The molecule has 42 heavy (non-hydrogen) atoms. The molecule has 4 rings (SSSR count). The van der Waals surface area contributed by atoms with Crippen molar-refractivity contribution in [3.8, 4) is 22.1 Å². The highest BCUT2D eigenvalue weighted by atomic mass is 32.1. The number of carbonyl (C=O) groups is 2. The summed E-state index contributed by atoms with van der Waals surface area (Å²) in [5.41, 5.74) is 4.53. The molecule has 1 saturated heterocycles. The van der Waals surface area contributed by atoms with Crippen LogP contribution in [0.2, 0.25) is 0 Å². The number of aryl methyl sites for hydroxylation is 1. The average molecular weight is 601 g/mol. The van der Waals surface area contributed by atoms with Crippen molar-refractivity contribution < 1.29 is 33.4 Å². The topological polar surface area (TPSA) is 136 Å². The van der Waals surface area contributed by atoms with Crippen LogP contribution in [0.25, 0.3) is 10.4 Å². The Morgan fingerprint density at radius 3 is 2.69 bits per heavy atom. The molecule has 1 aromatic carbocycles. The summed E-state index contributed by atoms with van der Waals surface area (Å²) in [6.07, 6.45) is -0.686. The highest BCUT2D eigenvalue weighted by Crippen LogP contribution is 2.35. The first-order valence-corrected chi connectivity index (χ1v) is 15.1. The number of nitrogens with one attached hydrogen (secondary N) is 1. The van der Waals surface area contributed by atoms with Crippen LogP contribution in [0.15, 0.2) is 34.3 Å². The van der Waals surface area contributed by atoms with E-state index in [-0.39, 0.29) is 36.6 Å². The molecule has 0 bridgehead atoms. The van der Waals surface area contributed by atoms with Crippen molar-refractivity contribution in [3.05, 3.63) is 46.8 Å². The second kappa shape index (κ2) is 14.1. The van der Waals surface area contributed by atoms with Gasteiger partial charge in [-0.2, -0.15) is 0 Å². The number of rotatable bonds is 13. The maximum Gasteiger partial charge on any atom is 0.254 e. The molecule has 1 aliphatic rings. The van der Waals surface area contributed by atoms with Gasteiger partial charge in [-0.15, -0.1) is 11.3 Å². The first kappa shape index (κ1) is 31.5. The number of benzene rings is 1. The van der Waals surface area contributed by atoms with Gasteiger partial charge in [-0.05, 0) is 43.5 Å². The summed E-state index contributed by atoms with van der Waals surface area (Å²) in [6.45, 7) is 10.9. The lowest BCUT2D eigenvalue weighted by molar-refractivity contribution is -0.141. The molecule has 1 aliphatic heterocycles. The zero-order valence-electron chi connectivity index (χ0n) is 25.0. The van der Waals surface area contributed by atoms with Crippen molar-refractivity contribution in [2.75, 3.05) is 33.5 Å². The third-order valence-electron chi connectivity index (χ3n) is 7.36. The third kappa shape index (κ3) is 7.11. The lowest BCUT2D eigenvalue weighted by Crippen LogP contribution is -2.48. The molecule has 1 fully saturated rings. The number of ether oxygens (including phenoxy) is 3. The largest absolute Gasteiger partial charge is 0.496 e. The van der Waals surface area contributed by atoms with E-state index in [1.54, 1.807) is 30.0 Å². The normalized spacial score (nSPS) is 18.2. The van der Waals surface area contributed by atoms with Gasteiger partial charge in [0.25, 0.3) is 5.88 Å². The lowest BCUT2D eigenvalue weighted by atomic mass is 9.91. The summed E-state index contributed by atoms with van der Waals surface area (Å²) < 4.78 is 22.0. The molecule has 3 heterocycles. The zero-order chi connectivity index (χ0) is 30.4. The number of hydrogen-bond acceptors (Lipinski definition) is 10. The van der Waals surface area contributed by atoms with Gasteiger partial charge < -0.3 is 34.1 Å². The molecule has 0 spiro atoms. The van der Waals surface area contributed by atoms with Crippen LogP contribution in [0.4, 0.5) is 0 Å². The van der Waals surface area contributed by atoms with Crippen molar-refractivity contribution in [1.82, 2.24) is 20.4 Å². The molecular formula is C30H40N4O7S. The SMILES string of the molecule is CCOCCOc1cc(C(C(=O)N2C[C@H](O)C[C@H]2C(=O)N[C@@H](C)c2ccc(-c3scnc3C)cc2OC)C(C)C)on1. The second-order valence-corrected chi connectivity index (χ2v) is 11.5. The summed E-state index contributed by atoms with van der Waals surface area (Å²) in [6, 6.07) is 6.19. The molecule has 11 nitrogen and oxygen atoms in total. The molecule has 0 radical (unpaired) electrons. The van der Waals surface area contributed by atoms with Crippen LogP contribution >= 0.6 is 11.3 Å². The first-order chi connectivity index (χ1) is 20.1. The van der Waals surface area contributed by atoms with Gasteiger partial charge in [0, 0.05) is 31.2 Å². The van der Waals surface area contributed by atoms with Gasteiger partial charge in [-0.25, -0.2) is 4.98 Å². The Hall–Kier alpha value is -3.48. The third-order valence-corrected chi connectivity index (χ3v) is 8.34. The number of β-amino-alcohol motifs (C(OH)–C–C–N with tert-alkyl or cyclic N) is 1. The molecule has 4 atom stereocenters. The fraction of sp³-hybridized carbons (Fsp3) is 0.533. The number of aliphatic hydroxyl groups is 1. The van der Waals surface area contributed by atoms with Crippen molar-refractivity contribution in [2.24, 2.45) is 5.92 Å². The fourth-order valence-corrected chi connectivity index (χ4v) is 6.04. The van der Waals surface area contributed by atoms with Crippen LogP contribution in [0.3, 0.4) is 0 Å². The molecule has 0 aliphatic carbocycles. The van der Waals surface area contributed by atoms with Gasteiger partial charge in [-0.3, -0.25) is 9.59 Å². The first-order valence-electron chi connectivity index (χ1n) is 14.2. The average Bonchev–Trinajstić information content (AvgIpc) is 3.70. The van der Waals surface area contributed by atoms with E-state index in [1.807, 2.05) is 52.8 Å². The minimum absolute atomic E-state index is 0.0482. The van der Waals surface area contributed by atoms with E-state index in [0.29, 0.717) is 31.3 Å². The van der Waals surface area contributed by atoms with Crippen LogP contribution in [0.5, 0.6) is 11.6 Å². The Kier molecular flexibility index (Phi) is 10.6. The van der Waals surface area contributed by atoms with Crippen molar-refractivity contribution in [1.29, 1.82) is 0 Å². The smallest absolute Gasteiger partial charge is 0.254 e. The maximum absolute atomic E-state index is 13.9. The van der Waals surface area contributed by atoms with Crippen molar-refractivity contribution in [2.45, 2.75) is 65.1 Å². The molecular weight excluding hydrogens is 560 g/mol. The molecule has 228 valence electrons. The Balaban J connectivity index is 1.48. The quantitative estimate of drug-likeness (QED) is 0.278. The standard InChI is InChI=1S/C30H40N4O7S/c1-7-39-10-11-40-26-14-25(41-33-26)27(17(2)3)30(37)34-15-21(35)13-23(34)29(36)32-18(4)22-9-8-20(12-24(22)38-6)28-19(5)31-16-42-28/h8-9,12,14,16-18,21,23,27,35H,7,10-11,13,15H2,1-6H3,(H,32,36)/t18-,21+,23-,27?/m0/s1. The van der Waals surface area contributed by atoms with E-state index in [2.05, 4.69) is 15.5 Å². The zero-order valence-corrected chi connectivity index (χ0v) is 25.8. The minimum atomic E-state index is -0.842. The molecule has 2 N–H and O–H groups in total. The molecule has 0 saturated carbocycles. The van der Waals surface area contributed by atoms with E-state index in [9.17, 15) is 14.7 Å². The van der Waals surface area contributed by atoms with E-state index in [4.69, 9.17) is 18.7 Å². The highest BCUT2D eigenvalue weighted by molar-refractivity contribution is 7.13. The molecule has 12 heteroatoms. The van der Waals surface area contributed by atoms with Crippen LogP contribution in [-0.4, -0.2) is 77.6 Å². The van der Waals surface area contributed by atoms with Gasteiger partial charge in [0.2, 0.25) is 11.8 Å². The fourth-order valence-electron chi connectivity index (χ4n) is 5.23. The van der Waals surface area contributed by atoms with E-state index < -0.39 is 24.1 Å². The van der Waals surface area contributed by atoms with Gasteiger partial charge in [0.1, 0.15) is 24.3 Å². The number of methoxy groups -OCH3 is 1. The highest BCUT2D eigenvalue weighted by Gasteiger charge is 2.43. The number of aromatic nitrogens is 2. The summed E-state index contributed by atoms with van der Waals surface area (Å²) in [5.74, 6) is -0.286.